The van der Waals surface area contributed by atoms with Crippen LogP contribution in [-0.4, -0.2) is 36.2 Å². The van der Waals surface area contributed by atoms with Crippen molar-refractivity contribution in [3.05, 3.63) is 12.2 Å². The van der Waals surface area contributed by atoms with Crippen LogP contribution in [0.25, 0.3) is 0 Å². The van der Waals surface area contributed by atoms with Gasteiger partial charge in [0, 0.05) is 32.2 Å². The molecule has 124 valence electrons. The summed E-state index contributed by atoms with van der Waals surface area (Å²) < 4.78 is 0. The Morgan fingerprint density at radius 3 is 1.95 bits per heavy atom. The van der Waals surface area contributed by atoms with E-state index in [0.717, 1.165) is 38.5 Å². The van der Waals surface area contributed by atoms with E-state index in [-0.39, 0.29) is 17.7 Å². The highest BCUT2D eigenvalue weighted by atomic mass is 16.2. The predicted octanol–water partition coefficient (Wildman–Crippen LogP) is 1.67. The Labute approximate surface area is 132 Å². The maximum Gasteiger partial charge on any atom is 0.253 e. The molecule has 0 unspecified atom stereocenters. The number of carbonyl (C=O) groups is 3. The van der Waals surface area contributed by atoms with Crippen molar-refractivity contribution in [1.82, 2.24) is 15.8 Å². The number of nitrogens with one attached hydrogen (secondary N) is 2. The van der Waals surface area contributed by atoms with Crippen molar-refractivity contribution in [2.24, 2.45) is 0 Å². The van der Waals surface area contributed by atoms with E-state index in [1.54, 1.807) is 7.05 Å². The van der Waals surface area contributed by atoms with Gasteiger partial charge in [-0.05, 0) is 12.8 Å². The molecule has 0 radical (unpaired) electrons. The highest BCUT2D eigenvalue weighted by Gasteiger charge is 2.21. The molecule has 0 saturated carbocycles. The first kappa shape index (κ1) is 18.4. The summed E-state index contributed by atoms with van der Waals surface area (Å²) in [4.78, 5) is 35.1. The van der Waals surface area contributed by atoms with Crippen molar-refractivity contribution in [1.29, 1.82) is 0 Å². The molecule has 0 aliphatic carbocycles. The number of imide groups is 1. The number of hydrogen-bond acceptors (Lipinski definition) is 4. The minimum absolute atomic E-state index is 0.0444. The largest absolute Gasteiger partial charge is 0.292 e. The Balaban J connectivity index is 1.85. The van der Waals surface area contributed by atoms with Gasteiger partial charge in [-0.1, -0.05) is 38.5 Å². The van der Waals surface area contributed by atoms with Crippen LogP contribution in [0.1, 0.15) is 57.8 Å². The van der Waals surface area contributed by atoms with Crippen LogP contribution in [0, 0.1) is 0 Å². The molecule has 1 aliphatic heterocycles. The maximum absolute atomic E-state index is 11.3. The molecule has 0 saturated heterocycles. The van der Waals surface area contributed by atoms with Gasteiger partial charge in [-0.3, -0.25) is 24.7 Å². The fourth-order valence-corrected chi connectivity index (χ4v) is 2.47. The SMILES string of the molecule is CNNC(=O)CCCCCCCCCCN1C(=O)C=CC1=O. The summed E-state index contributed by atoms with van der Waals surface area (Å²) in [5, 5.41) is 0. The Bertz CT molecular complexity index is 389. The number of nitrogens with zero attached hydrogens (tertiary/aromatic N) is 1. The number of hydrogen-bond donors (Lipinski definition) is 2. The Morgan fingerprint density at radius 1 is 0.909 bits per heavy atom. The maximum atomic E-state index is 11.3. The Hall–Kier alpha value is -1.69. The van der Waals surface area contributed by atoms with Gasteiger partial charge in [0.05, 0.1) is 0 Å². The van der Waals surface area contributed by atoms with Crippen LogP contribution in [0.2, 0.25) is 0 Å². The third kappa shape index (κ3) is 7.36. The summed E-state index contributed by atoms with van der Waals surface area (Å²) in [6, 6.07) is 0. The molecule has 3 amide bonds. The normalized spacial score (nSPS) is 14.0. The van der Waals surface area contributed by atoms with Crippen LogP contribution in [0.4, 0.5) is 0 Å². The molecule has 2 N–H and O–H groups in total. The monoisotopic (exact) mass is 309 g/mol. The van der Waals surface area contributed by atoms with Crippen molar-refractivity contribution in [3.63, 3.8) is 0 Å². The number of rotatable bonds is 12. The Morgan fingerprint density at radius 2 is 1.41 bits per heavy atom. The van der Waals surface area contributed by atoms with Crippen molar-refractivity contribution < 1.29 is 14.4 Å². The smallest absolute Gasteiger partial charge is 0.253 e. The van der Waals surface area contributed by atoms with E-state index >= 15 is 0 Å². The summed E-state index contributed by atoms with van der Waals surface area (Å²) in [6.45, 7) is 0.533. The molecule has 0 bridgehead atoms. The zero-order chi connectivity index (χ0) is 16.2. The second kappa shape index (κ2) is 11.0. The molecular formula is C16H27N3O3. The molecule has 0 fully saturated rings. The van der Waals surface area contributed by atoms with Gasteiger partial charge >= 0.3 is 0 Å². The van der Waals surface area contributed by atoms with Gasteiger partial charge in [0.15, 0.2) is 0 Å². The lowest BCUT2D eigenvalue weighted by molar-refractivity contribution is -0.136. The van der Waals surface area contributed by atoms with Crippen LogP contribution in [0.3, 0.4) is 0 Å². The molecule has 1 aliphatic rings. The minimum Gasteiger partial charge on any atom is -0.292 e. The molecule has 0 aromatic heterocycles. The first-order valence-corrected chi connectivity index (χ1v) is 8.14. The van der Waals surface area contributed by atoms with Crippen molar-refractivity contribution in [2.45, 2.75) is 57.8 Å². The van der Waals surface area contributed by atoms with Gasteiger partial charge in [0.1, 0.15) is 0 Å². The zero-order valence-electron chi connectivity index (χ0n) is 13.4. The average molecular weight is 309 g/mol. The van der Waals surface area contributed by atoms with Crippen LogP contribution in [-0.2, 0) is 14.4 Å². The summed E-state index contributed by atoms with van der Waals surface area (Å²) in [7, 11) is 1.68. The molecule has 1 rings (SSSR count). The molecule has 6 heteroatoms. The summed E-state index contributed by atoms with van der Waals surface area (Å²) in [5.74, 6) is -0.331. The molecule has 0 aromatic carbocycles. The van der Waals surface area contributed by atoms with Gasteiger partial charge in [0.25, 0.3) is 11.8 Å². The number of carbonyl (C=O) groups excluding carboxylic acids is 3. The van der Waals surface area contributed by atoms with Gasteiger partial charge in [-0.15, -0.1) is 0 Å². The molecule has 0 atom stereocenters. The molecule has 6 nitrogen and oxygen atoms in total. The first-order valence-electron chi connectivity index (χ1n) is 8.14. The number of amides is 3. The van der Waals surface area contributed by atoms with Gasteiger partial charge in [-0.25, -0.2) is 5.43 Å². The highest BCUT2D eigenvalue weighted by Crippen LogP contribution is 2.11. The summed E-state index contributed by atoms with van der Waals surface area (Å²) in [5.41, 5.74) is 5.18. The van der Waals surface area contributed by atoms with Crippen molar-refractivity contribution in [3.8, 4) is 0 Å². The van der Waals surface area contributed by atoms with E-state index in [1.165, 1.54) is 29.9 Å². The van der Waals surface area contributed by atoms with E-state index < -0.39 is 0 Å². The molecule has 0 spiro atoms. The second-order valence-electron chi connectivity index (χ2n) is 5.54. The van der Waals surface area contributed by atoms with Crippen LogP contribution in [0.5, 0.6) is 0 Å². The first-order chi connectivity index (χ1) is 10.6. The highest BCUT2D eigenvalue weighted by molar-refractivity contribution is 6.12. The number of unbranched alkanes of at least 4 members (excludes halogenated alkanes) is 7. The lowest BCUT2D eigenvalue weighted by Crippen LogP contribution is -2.33. The lowest BCUT2D eigenvalue weighted by Gasteiger charge is -2.12. The minimum atomic E-state index is -0.188. The quantitative estimate of drug-likeness (QED) is 0.326. The average Bonchev–Trinajstić information content (AvgIpc) is 2.81. The molecule has 22 heavy (non-hydrogen) atoms. The fourth-order valence-electron chi connectivity index (χ4n) is 2.47. The van der Waals surface area contributed by atoms with E-state index in [9.17, 15) is 14.4 Å². The summed E-state index contributed by atoms with van der Waals surface area (Å²) >= 11 is 0. The third-order valence-corrected chi connectivity index (χ3v) is 3.70. The predicted molar refractivity (Wildman–Crippen MR) is 84.6 cm³/mol. The summed E-state index contributed by atoms with van der Waals surface area (Å²) in [6.07, 6.45) is 11.8. The molecular weight excluding hydrogens is 282 g/mol. The van der Waals surface area contributed by atoms with Crippen molar-refractivity contribution >= 4 is 17.7 Å². The van der Waals surface area contributed by atoms with E-state index in [1.807, 2.05) is 0 Å². The van der Waals surface area contributed by atoms with Gasteiger partial charge < -0.3 is 0 Å². The van der Waals surface area contributed by atoms with Gasteiger partial charge in [0.2, 0.25) is 5.91 Å². The van der Waals surface area contributed by atoms with Crippen LogP contribution >= 0.6 is 0 Å². The van der Waals surface area contributed by atoms with E-state index in [4.69, 9.17) is 0 Å². The number of hydrazine groups is 1. The lowest BCUT2D eigenvalue weighted by atomic mass is 10.1. The van der Waals surface area contributed by atoms with E-state index in [2.05, 4.69) is 10.9 Å². The molecule has 0 aromatic rings. The van der Waals surface area contributed by atoms with Crippen LogP contribution in [0.15, 0.2) is 12.2 Å². The zero-order valence-corrected chi connectivity index (χ0v) is 13.4. The van der Waals surface area contributed by atoms with E-state index in [0.29, 0.717) is 13.0 Å². The third-order valence-electron chi connectivity index (χ3n) is 3.70. The topological polar surface area (TPSA) is 78.5 Å². The Kier molecular flexibility index (Phi) is 9.14. The van der Waals surface area contributed by atoms with Gasteiger partial charge in [-0.2, -0.15) is 0 Å². The molecule has 1 heterocycles. The second-order valence-corrected chi connectivity index (χ2v) is 5.54. The fraction of sp³-hybridized carbons (Fsp3) is 0.688. The van der Waals surface area contributed by atoms with Crippen LogP contribution < -0.4 is 10.9 Å². The van der Waals surface area contributed by atoms with Crippen molar-refractivity contribution in [2.75, 3.05) is 13.6 Å². The standard InChI is InChI=1S/C16H27N3O3/c1-17-18-14(20)10-8-6-4-2-3-5-7-9-13-19-15(21)11-12-16(19)22/h11-12,17H,2-10,13H2,1H3,(H,18,20).